The van der Waals surface area contributed by atoms with Crippen molar-refractivity contribution in [2.75, 3.05) is 0 Å². The van der Waals surface area contributed by atoms with Crippen molar-refractivity contribution in [3.05, 3.63) is 39.7 Å². The zero-order valence-electron chi connectivity index (χ0n) is 10.8. The first-order valence-corrected chi connectivity index (χ1v) is 6.76. The molecule has 0 aliphatic heterocycles. The molecule has 0 aromatic heterocycles. The summed E-state index contributed by atoms with van der Waals surface area (Å²) in [6.07, 6.45) is 6.37. The number of benzene rings is 1. The molecule has 1 saturated carbocycles. The molecule has 1 aromatic rings. The Kier molecular flexibility index (Phi) is 4.47. The highest BCUT2D eigenvalue weighted by atomic mass is 19.1. The van der Waals surface area contributed by atoms with Crippen LogP contribution in [-0.2, 0) is 6.42 Å². The number of hydrogen-bond donors (Lipinski definition) is 1. The lowest BCUT2D eigenvalue weighted by Gasteiger charge is -2.18. The SMILES string of the molecule is NC(CCc1ccc([N+](=O)[O-])c(F)c1)C1CCCC1. The molecule has 1 unspecified atom stereocenters. The average Bonchev–Trinajstić information content (AvgIpc) is 2.89. The molecular formula is C14H19FN2O2. The van der Waals surface area contributed by atoms with Crippen molar-refractivity contribution in [3.63, 3.8) is 0 Å². The molecule has 104 valence electrons. The normalized spacial score (nSPS) is 17.6. The van der Waals surface area contributed by atoms with Gasteiger partial charge in [0.1, 0.15) is 0 Å². The van der Waals surface area contributed by atoms with Crippen LogP contribution in [0.4, 0.5) is 10.1 Å². The highest BCUT2D eigenvalue weighted by Crippen LogP contribution is 2.28. The van der Waals surface area contributed by atoms with Gasteiger partial charge in [-0.05, 0) is 43.2 Å². The molecule has 1 fully saturated rings. The van der Waals surface area contributed by atoms with Crippen LogP contribution in [0.3, 0.4) is 0 Å². The largest absolute Gasteiger partial charge is 0.327 e. The highest BCUT2D eigenvalue weighted by molar-refractivity contribution is 5.35. The van der Waals surface area contributed by atoms with Gasteiger partial charge in [0.2, 0.25) is 5.82 Å². The molecule has 1 aliphatic rings. The zero-order chi connectivity index (χ0) is 13.8. The highest BCUT2D eigenvalue weighted by Gasteiger charge is 2.22. The molecule has 0 saturated heterocycles. The van der Waals surface area contributed by atoms with Crippen molar-refractivity contribution >= 4 is 5.69 Å². The Morgan fingerprint density at radius 2 is 2.11 bits per heavy atom. The van der Waals surface area contributed by atoms with Gasteiger partial charge in [0.25, 0.3) is 0 Å². The Bertz CT molecular complexity index is 459. The van der Waals surface area contributed by atoms with E-state index in [9.17, 15) is 14.5 Å². The van der Waals surface area contributed by atoms with Gasteiger partial charge < -0.3 is 5.73 Å². The van der Waals surface area contributed by atoms with Crippen LogP contribution in [-0.4, -0.2) is 11.0 Å². The fourth-order valence-electron chi connectivity index (χ4n) is 2.81. The Hall–Kier alpha value is -1.49. The van der Waals surface area contributed by atoms with Gasteiger partial charge in [0, 0.05) is 12.1 Å². The molecule has 0 radical (unpaired) electrons. The predicted octanol–water partition coefficient (Wildman–Crippen LogP) is 3.18. The molecule has 0 bridgehead atoms. The molecule has 1 aromatic carbocycles. The maximum atomic E-state index is 13.5. The van der Waals surface area contributed by atoms with E-state index in [0.29, 0.717) is 12.3 Å². The zero-order valence-corrected chi connectivity index (χ0v) is 10.8. The van der Waals surface area contributed by atoms with Gasteiger partial charge in [-0.25, -0.2) is 0 Å². The van der Waals surface area contributed by atoms with Gasteiger partial charge in [0.05, 0.1) is 4.92 Å². The number of nitro benzene ring substituents is 1. The van der Waals surface area contributed by atoms with E-state index in [1.54, 1.807) is 6.07 Å². The van der Waals surface area contributed by atoms with E-state index >= 15 is 0 Å². The van der Waals surface area contributed by atoms with Crippen molar-refractivity contribution in [1.82, 2.24) is 0 Å². The van der Waals surface area contributed by atoms with Gasteiger partial charge in [-0.2, -0.15) is 4.39 Å². The minimum Gasteiger partial charge on any atom is -0.327 e. The first kappa shape index (κ1) is 13.9. The second kappa shape index (κ2) is 6.10. The lowest BCUT2D eigenvalue weighted by molar-refractivity contribution is -0.387. The molecule has 0 spiro atoms. The van der Waals surface area contributed by atoms with E-state index in [-0.39, 0.29) is 6.04 Å². The fraction of sp³-hybridized carbons (Fsp3) is 0.571. The molecule has 1 atom stereocenters. The Labute approximate surface area is 112 Å². The number of nitrogens with two attached hydrogens (primary N) is 1. The molecule has 2 rings (SSSR count). The van der Waals surface area contributed by atoms with Crippen molar-refractivity contribution in [1.29, 1.82) is 0 Å². The van der Waals surface area contributed by atoms with E-state index < -0.39 is 16.4 Å². The summed E-state index contributed by atoms with van der Waals surface area (Å²) in [7, 11) is 0. The van der Waals surface area contributed by atoms with E-state index in [1.165, 1.54) is 37.8 Å². The summed E-state index contributed by atoms with van der Waals surface area (Å²) in [6, 6.07) is 4.24. The third-order valence-electron chi connectivity index (χ3n) is 3.98. The summed E-state index contributed by atoms with van der Waals surface area (Å²) in [6.45, 7) is 0. The predicted molar refractivity (Wildman–Crippen MR) is 71.3 cm³/mol. The molecule has 5 heteroatoms. The van der Waals surface area contributed by atoms with Crippen LogP contribution < -0.4 is 5.73 Å². The third kappa shape index (κ3) is 3.50. The summed E-state index contributed by atoms with van der Waals surface area (Å²) in [5.41, 5.74) is 6.45. The maximum Gasteiger partial charge on any atom is 0.304 e. The van der Waals surface area contributed by atoms with Gasteiger partial charge in [-0.15, -0.1) is 0 Å². The number of nitro groups is 1. The second-order valence-corrected chi connectivity index (χ2v) is 5.29. The van der Waals surface area contributed by atoms with Gasteiger partial charge in [0.15, 0.2) is 0 Å². The van der Waals surface area contributed by atoms with E-state index in [4.69, 9.17) is 5.73 Å². The third-order valence-corrected chi connectivity index (χ3v) is 3.98. The average molecular weight is 266 g/mol. The molecule has 19 heavy (non-hydrogen) atoms. The summed E-state index contributed by atoms with van der Waals surface area (Å²) < 4.78 is 13.5. The van der Waals surface area contributed by atoms with Crippen LogP contribution in [0.2, 0.25) is 0 Å². The van der Waals surface area contributed by atoms with Crippen molar-refractivity contribution in [3.8, 4) is 0 Å². The number of rotatable bonds is 5. The summed E-state index contributed by atoms with van der Waals surface area (Å²) in [5.74, 6) is -0.181. The molecule has 4 nitrogen and oxygen atoms in total. The topological polar surface area (TPSA) is 69.2 Å². The van der Waals surface area contributed by atoms with Gasteiger partial charge in [-0.3, -0.25) is 10.1 Å². The number of aryl methyl sites for hydroxylation is 1. The van der Waals surface area contributed by atoms with Crippen LogP contribution in [0.15, 0.2) is 18.2 Å². The number of halogens is 1. The van der Waals surface area contributed by atoms with Crippen LogP contribution in [0.5, 0.6) is 0 Å². The van der Waals surface area contributed by atoms with Gasteiger partial charge in [-0.1, -0.05) is 18.9 Å². The monoisotopic (exact) mass is 266 g/mol. The summed E-state index contributed by atoms with van der Waals surface area (Å²) in [5, 5.41) is 10.5. The van der Waals surface area contributed by atoms with Crippen LogP contribution in [0.25, 0.3) is 0 Å². The van der Waals surface area contributed by atoms with Crippen molar-refractivity contribution < 1.29 is 9.31 Å². The Balaban J connectivity index is 1.92. The maximum absolute atomic E-state index is 13.5. The van der Waals surface area contributed by atoms with E-state index in [0.717, 1.165) is 12.0 Å². The number of hydrogen-bond acceptors (Lipinski definition) is 3. The molecule has 1 aliphatic carbocycles. The first-order chi connectivity index (χ1) is 9.08. The summed E-state index contributed by atoms with van der Waals surface area (Å²) >= 11 is 0. The fourth-order valence-corrected chi connectivity index (χ4v) is 2.81. The molecular weight excluding hydrogens is 247 g/mol. The second-order valence-electron chi connectivity index (χ2n) is 5.29. The van der Waals surface area contributed by atoms with Crippen molar-refractivity contribution in [2.24, 2.45) is 11.7 Å². The first-order valence-electron chi connectivity index (χ1n) is 6.76. The minimum atomic E-state index is -0.767. The lowest BCUT2D eigenvalue weighted by Crippen LogP contribution is -2.28. The molecule has 2 N–H and O–H groups in total. The number of nitrogens with zero attached hydrogens (tertiary/aromatic N) is 1. The standard InChI is InChI=1S/C14H19FN2O2/c15-12-9-10(6-8-14(12)17(18)19)5-7-13(16)11-3-1-2-4-11/h6,8-9,11,13H,1-5,7,16H2. The van der Waals surface area contributed by atoms with Crippen LogP contribution >= 0.6 is 0 Å². The van der Waals surface area contributed by atoms with Crippen LogP contribution in [0.1, 0.15) is 37.7 Å². The molecule has 0 amide bonds. The van der Waals surface area contributed by atoms with E-state index in [1.807, 2.05) is 0 Å². The van der Waals surface area contributed by atoms with Crippen LogP contribution in [0, 0.1) is 21.8 Å². The summed E-state index contributed by atoms with van der Waals surface area (Å²) in [4.78, 5) is 9.81. The Morgan fingerprint density at radius 1 is 1.42 bits per heavy atom. The van der Waals surface area contributed by atoms with Gasteiger partial charge >= 0.3 is 5.69 Å². The quantitative estimate of drug-likeness (QED) is 0.657. The lowest BCUT2D eigenvalue weighted by atomic mass is 9.93. The Morgan fingerprint density at radius 3 is 2.68 bits per heavy atom. The minimum absolute atomic E-state index is 0.153. The van der Waals surface area contributed by atoms with Crippen molar-refractivity contribution in [2.45, 2.75) is 44.6 Å². The molecule has 0 heterocycles. The smallest absolute Gasteiger partial charge is 0.304 e. The van der Waals surface area contributed by atoms with E-state index in [2.05, 4.69) is 0 Å².